The van der Waals surface area contributed by atoms with Crippen LogP contribution < -0.4 is 4.74 Å². The standard InChI is InChI=1S/C11H9FN2OS/c1-16-11-13-7-6-10(14-11)15-9-4-2-8(12)3-5-9/h2-7H,1H3. The van der Waals surface area contributed by atoms with Crippen molar-refractivity contribution in [3.63, 3.8) is 0 Å². The molecule has 1 heterocycles. The fraction of sp³-hybridized carbons (Fsp3) is 0.0909. The summed E-state index contributed by atoms with van der Waals surface area (Å²) in [6.07, 6.45) is 3.51. The summed E-state index contributed by atoms with van der Waals surface area (Å²) in [5.74, 6) is 0.706. The van der Waals surface area contributed by atoms with Crippen LogP contribution in [-0.2, 0) is 0 Å². The van der Waals surface area contributed by atoms with Crippen LogP contribution in [0.2, 0.25) is 0 Å². The van der Waals surface area contributed by atoms with Crippen LogP contribution in [-0.4, -0.2) is 16.2 Å². The molecule has 3 nitrogen and oxygen atoms in total. The van der Waals surface area contributed by atoms with Gasteiger partial charge in [-0.3, -0.25) is 0 Å². The van der Waals surface area contributed by atoms with Crippen LogP contribution in [0.1, 0.15) is 0 Å². The predicted molar refractivity (Wildman–Crippen MR) is 60.3 cm³/mol. The molecule has 0 saturated carbocycles. The van der Waals surface area contributed by atoms with Crippen molar-refractivity contribution in [3.8, 4) is 11.6 Å². The lowest BCUT2D eigenvalue weighted by molar-refractivity contribution is 0.454. The summed E-state index contributed by atoms with van der Waals surface area (Å²) in [6, 6.07) is 7.44. The van der Waals surface area contributed by atoms with Crippen molar-refractivity contribution in [1.29, 1.82) is 0 Å². The van der Waals surface area contributed by atoms with E-state index in [4.69, 9.17) is 4.74 Å². The molecule has 0 saturated heterocycles. The SMILES string of the molecule is CSc1nccc(Oc2ccc(F)cc2)n1. The molecule has 0 bridgehead atoms. The molecule has 0 fully saturated rings. The highest BCUT2D eigenvalue weighted by atomic mass is 32.2. The van der Waals surface area contributed by atoms with Crippen LogP contribution in [0.25, 0.3) is 0 Å². The van der Waals surface area contributed by atoms with E-state index >= 15 is 0 Å². The summed E-state index contributed by atoms with van der Waals surface area (Å²) in [7, 11) is 0. The van der Waals surface area contributed by atoms with E-state index in [1.165, 1.54) is 23.9 Å². The summed E-state index contributed by atoms with van der Waals surface area (Å²) >= 11 is 1.43. The normalized spacial score (nSPS) is 10.1. The number of aromatic nitrogens is 2. The first-order valence-electron chi connectivity index (χ1n) is 4.58. The van der Waals surface area contributed by atoms with Gasteiger partial charge in [0.05, 0.1) is 0 Å². The number of thioether (sulfide) groups is 1. The zero-order valence-corrected chi connectivity index (χ0v) is 9.37. The summed E-state index contributed by atoms with van der Waals surface area (Å²) in [4.78, 5) is 8.17. The molecule has 0 spiro atoms. The Hall–Kier alpha value is -1.62. The molecule has 1 aromatic heterocycles. The van der Waals surface area contributed by atoms with E-state index in [-0.39, 0.29) is 5.82 Å². The summed E-state index contributed by atoms with van der Waals surface area (Å²) in [5, 5.41) is 0.639. The Balaban J connectivity index is 2.16. The minimum Gasteiger partial charge on any atom is -0.439 e. The summed E-state index contributed by atoms with van der Waals surface area (Å²) in [6.45, 7) is 0. The molecule has 0 aliphatic heterocycles. The highest BCUT2D eigenvalue weighted by Crippen LogP contribution is 2.20. The maximum Gasteiger partial charge on any atom is 0.223 e. The third-order valence-corrected chi connectivity index (χ3v) is 2.39. The van der Waals surface area contributed by atoms with E-state index in [2.05, 4.69) is 9.97 Å². The molecule has 0 aliphatic rings. The average molecular weight is 236 g/mol. The Kier molecular flexibility index (Phi) is 3.36. The van der Waals surface area contributed by atoms with Crippen molar-refractivity contribution in [3.05, 3.63) is 42.3 Å². The molecule has 2 rings (SSSR count). The van der Waals surface area contributed by atoms with Gasteiger partial charge in [0.1, 0.15) is 11.6 Å². The van der Waals surface area contributed by atoms with E-state index < -0.39 is 0 Å². The van der Waals surface area contributed by atoms with Gasteiger partial charge in [0, 0.05) is 12.3 Å². The second-order valence-corrected chi connectivity index (χ2v) is 3.71. The fourth-order valence-electron chi connectivity index (χ4n) is 1.10. The molecular formula is C11H9FN2OS. The van der Waals surface area contributed by atoms with Crippen LogP contribution in [0.15, 0.2) is 41.7 Å². The lowest BCUT2D eigenvalue weighted by Gasteiger charge is -2.04. The van der Waals surface area contributed by atoms with Gasteiger partial charge in [-0.25, -0.2) is 9.37 Å². The average Bonchev–Trinajstić information content (AvgIpc) is 2.32. The third kappa shape index (κ3) is 2.70. The summed E-state index contributed by atoms with van der Waals surface area (Å²) < 4.78 is 18.1. The van der Waals surface area contributed by atoms with Gasteiger partial charge < -0.3 is 4.74 Å². The molecule has 1 aromatic carbocycles. The first-order valence-corrected chi connectivity index (χ1v) is 5.81. The lowest BCUT2D eigenvalue weighted by atomic mass is 10.3. The fourth-order valence-corrected chi connectivity index (χ4v) is 1.45. The maximum absolute atomic E-state index is 12.7. The molecule has 0 unspecified atom stereocenters. The molecule has 5 heteroatoms. The van der Waals surface area contributed by atoms with E-state index in [0.717, 1.165) is 0 Å². The Morgan fingerprint density at radius 2 is 1.94 bits per heavy atom. The van der Waals surface area contributed by atoms with Gasteiger partial charge in [-0.05, 0) is 30.5 Å². The quantitative estimate of drug-likeness (QED) is 0.605. The van der Waals surface area contributed by atoms with Gasteiger partial charge >= 0.3 is 0 Å². The zero-order chi connectivity index (χ0) is 11.4. The molecule has 0 N–H and O–H groups in total. The van der Waals surface area contributed by atoms with Gasteiger partial charge in [-0.2, -0.15) is 4.98 Å². The lowest BCUT2D eigenvalue weighted by Crippen LogP contribution is -1.91. The van der Waals surface area contributed by atoms with Crippen molar-refractivity contribution in [2.24, 2.45) is 0 Å². The molecule has 0 radical (unpaired) electrons. The Labute approximate surface area is 96.7 Å². The monoisotopic (exact) mass is 236 g/mol. The van der Waals surface area contributed by atoms with Gasteiger partial charge in [0.25, 0.3) is 0 Å². The van der Waals surface area contributed by atoms with Crippen LogP contribution in [0.3, 0.4) is 0 Å². The van der Waals surface area contributed by atoms with Crippen LogP contribution in [0.4, 0.5) is 4.39 Å². The molecule has 2 aromatic rings. The second-order valence-electron chi connectivity index (χ2n) is 2.94. The molecule has 0 aliphatic carbocycles. The number of hydrogen-bond acceptors (Lipinski definition) is 4. The minimum absolute atomic E-state index is 0.292. The molecule has 0 atom stereocenters. The van der Waals surface area contributed by atoms with Crippen LogP contribution >= 0.6 is 11.8 Å². The number of halogens is 1. The molecule has 16 heavy (non-hydrogen) atoms. The summed E-state index contributed by atoms with van der Waals surface area (Å²) in [5.41, 5.74) is 0. The minimum atomic E-state index is -0.292. The molecule has 82 valence electrons. The first-order chi connectivity index (χ1) is 7.78. The molecular weight excluding hydrogens is 227 g/mol. The first kappa shape index (κ1) is 10.9. The number of hydrogen-bond donors (Lipinski definition) is 0. The Bertz CT molecular complexity index is 476. The number of ether oxygens (including phenoxy) is 1. The Morgan fingerprint density at radius 1 is 1.19 bits per heavy atom. The van der Waals surface area contributed by atoms with Crippen LogP contribution in [0.5, 0.6) is 11.6 Å². The van der Waals surface area contributed by atoms with Gasteiger partial charge in [-0.1, -0.05) is 11.8 Å². The highest BCUT2D eigenvalue weighted by Gasteiger charge is 2.01. The van der Waals surface area contributed by atoms with E-state index in [1.807, 2.05) is 6.26 Å². The van der Waals surface area contributed by atoms with E-state index in [9.17, 15) is 4.39 Å². The van der Waals surface area contributed by atoms with Crippen molar-refractivity contribution in [2.75, 3.05) is 6.26 Å². The number of rotatable bonds is 3. The van der Waals surface area contributed by atoms with E-state index in [0.29, 0.717) is 16.8 Å². The molecule has 0 amide bonds. The predicted octanol–water partition coefficient (Wildman–Crippen LogP) is 3.13. The Morgan fingerprint density at radius 3 is 2.62 bits per heavy atom. The topological polar surface area (TPSA) is 35.0 Å². The zero-order valence-electron chi connectivity index (χ0n) is 8.55. The van der Waals surface area contributed by atoms with Gasteiger partial charge in [0.2, 0.25) is 5.88 Å². The number of nitrogens with zero attached hydrogens (tertiary/aromatic N) is 2. The van der Waals surface area contributed by atoms with Crippen molar-refractivity contribution in [2.45, 2.75) is 5.16 Å². The smallest absolute Gasteiger partial charge is 0.223 e. The highest BCUT2D eigenvalue weighted by molar-refractivity contribution is 7.98. The second kappa shape index (κ2) is 4.94. The van der Waals surface area contributed by atoms with Crippen LogP contribution in [0, 0.1) is 5.82 Å². The van der Waals surface area contributed by atoms with E-state index in [1.54, 1.807) is 24.4 Å². The van der Waals surface area contributed by atoms with Crippen molar-refractivity contribution < 1.29 is 9.13 Å². The van der Waals surface area contributed by atoms with Gasteiger partial charge in [0.15, 0.2) is 5.16 Å². The van der Waals surface area contributed by atoms with Gasteiger partial charge in [-0.15, -0.1) is 0 Å². The largest absolute Gasteiger partial charge is 0.439 e. The number of benzene rings is 1. The third-order valence-electron chi connectivity index (χ3n) is 1.83. The van der Waals surface area contributed by atoms with Crippen molar-refractivity contribution >= 4 is 11.8 Å². The van der Waals surface area contributed by atoms with Crippen molar-refractivity contribution in [1.82, 2.24) is 9.97 Å². The maximum atomic E-state index is 12.7.